The summed E-state index contributed by atoms with van der Waals surface area (Å²) in [4.78, 5) is 27.1. The average molecular weight is 319 g/mol. The third-order valence-electron chi connectivity index (χ3n) is 3.66. The van der Waals surface area contributed by atoms with E-state index in [-0.39, 0.29) is 5.91 Å². The summed E-state index contributed by atoms with van der Waals surface area (Å²) in [7, 11) is 0. The van der Waals surface area contributed by atoms with Crippen molar-refractivity contribution in [3.05, 3.63) is 39.3 Å². The van der Waals surface area contributed by atoms with Crippen molar-refractivity contribution in [2.24, 2.45) is 0 Å². The van der Waals surface area contributed by atoms with Gasteiger partial charge in [0.25, 0.3) is 0 Å². The Hall–Kier alpha value is -2.15. The van der Waals surface area contributed by atoms with Crippen molar-refractivity contribution in [2.45, 2.75) is 26.3 Å². The van der Waals surface area contributed by atoms with Gasteiger partial charge in [0.2, 0.25) is 5.91 Å². The zero-order valence-electron chi connectivity index (χ0n) is 12.3. The van der Waals surface area contributed by atoms with E-state index < -0.39 is 5.97 Å². The molecule has 116 valence electrons. The second-order valence-electron chi connectivity index (χ2n) is 5.07. The normalized spacial score (nSPS) is 13.8. The minimum absolute atomic E-state index is 0.0732. The first-order valence-electron chi connectivity index (χ1n) is 7.22. The van der Waals surface area contributed by atoms with Gasteiger partial charge < -0.3 is 9.64 Å². The standard InChI is InChI=1S/C15H17N3O3S/c1-2-21-15(20)14-11-9-18(6-5-12(11)16-17-14)13(19)8-10-4-3-7-22-10/h3-4,7H,2,5-6,8-9H2,1H3,(H,16,17). The Balaban J connectivity index is 1.73. The Bertz CT molecular complexity index is 678. The molecule has 2 aromatic rings. The molecule has 1 aliphatic rings. The van der Waals surface area contributed by atoms with E-state index in [4.69, 9.17) is 4.74 Å². The molecule has 0 aromatic carbocycles. The molecule has 6 nitrogen and oxygen atoms in total. The van der Waals surface area contributed by atoms with Crippen molar-refractivity contribution in [1.82, 2.24) is 15.1 Å². The Labute approximate surface area is 132 Å². The number of thiophene rings is 1. The average Bonchev–Trinajstić information content (AvgIpc) is 3.15. The lowest BCUT2D eigenvalue weighted by Gasteiger charge is -2.27. The second kappa shape index (κ2) is 6.31. The fourth-order valence-electron chi connectivity index (χ4n) is 2.55. The summed E-state index contributed by atoms with van der Waals surface area (Å²) >= 11 is 1.58. The van der Waals surface area contributed by atoms with Crippen LogP contribution in [0.3, 0.4) is 0 Å². The van der Waals surface area contributed by atoms with Crippen LogP contribution in [0.4, 0.5) is 0 Å². The number of hydrogen-bond acceptors (Lipinski definition) is 5. The molecular weight excluding hydrogens is 302 g/mol. The number of H-pyrrole nitrogens is 1. The van der Waals surface area contributed by atoms with Gasteiger partial charge in [-0.25, -0.2) is 4.79 Å². The van der Waals surface area contributed by atoms with Crippen LogP contribution in [0.1, 0.15) is 33.5 Å². The molecule has 1 aliphatic heterocycles. The third-order valence-corrected chi connectivity index (χ3v) is 4.54. The third kappa shape index (κ3) is 2.89. The molecule has 0 saturated carbocycles. The van der Waals surface area contributed by atoms with Gasteiger partial charge in [-0.05, 0) is 18.4 Å². The van der Waals surface area contributed by atoms with E-state index in [2.05, 4.69) is 10.2 Å². The van der Waals surface area contributed by atoms with Crippen LogP contribution in [0.2, 0.25) is 0 Å². The summed E-state index contributed by atoms with van der Waals surface area (Å²) in [5, 5.41) is 8.90. The molecule has 0 aliphatic carbocycles. The first-order chi connectivity index (χ1) is 10.7. The van der Waals surface area contributed by atoms with Gasteiger partial charge in [-0.1, -0.05) is 6.07 Å². The topological polar surface area (TPSA) is 75.3 Å². The van der Waals surface area contributed by atoms with E-state index in [1.54, 1.807) is 23.2 Å². The molecule has 0 saturated heterocycles. The molecule has 0 spiro atoms. The number of esters is 1. The van der Waals surface area contributed by atoms with Crippen molar-refractivity contribution in [3.63, 3.8) is 0 Å². The second-order valence-corrected chi connectivity index (χ2v) is 6.10. The van der Waals surface area contributed by atoms with E-state index in [0.29, 0.717) is 38.2 Å². The molecule has 7 heteroatoms. The maximum Gasteiger partial charge on any atom is 0.359 e. The highest BCUT2D eigenvalue weighted by molar-refractivity contribution is 7.10. The summed E-state index contributed by atoms with van der Waals surface area (Å²) in [5.41, 5.74) is 2.00. The molecule has 22 heavy (non-hydrogen) atoms. The molecule has 0 bridgehead atoms. The van der Waals surface area contributed by atoms with Crippen molar-refractivity contribution < 1.29 is 14.3 Å². The van der Waals surface area contributed by atoms with E-state index in [1.165, 1.54) is 0 Å². The van der Waals surface area contributed by atoms with Crippen LogP contribution in [-0.2, 0) is 28.9 Å². The maximum atomic E-state index is 12.4. The van der Waals surface area contributed by atoms with Crippen LogP contribution in [-0.4, -0.2) is 40.1 Å². The van der Waals surface area contributed by atoms with E-state index in [0.717, 1.165) is 16.1 Å². The number of rotatable bonds is 4. The zero-order valence-corrected chi connectivity index (χ0v) is 13.1. The molecule has 0 atom stereocenters. The largest absolute Gasteiger partial charge is 0.461 e. The van der Waals surface area contributed by atoms with Gasteiger partial charge in [0, 0.05) is 35.6 Å². The van der Waals surface area contributed by atoms with Crippen molar-refractivity contribution >= 4 is 23.2 Å². The molecule has 3 rings (SSSR count). The van der Waals surface area contributed by atoms with Crippen LogP contribution in [0.25, 0.3) is 0 Å². The lowest BCUT2D eigenvalue weighted by molar-refractivity contribution is -0.131. The van der Waals surface area contributed by atoms with E-state index >= 15 is 0 Å². The predicted molar refractivity (Wildman–Crippen MR) is 81.7 cm³/mol. The van der Waals surface area contributed by atoms with Gasteiger partial charge >= 0.3 is 5.97 Å². The van der Waals surface area contributed by atoms with Gasteiger partial charge in [0.05, 0.1) is 13.0 Å². The Morgan fingerprint density at radius 2 is 2.36 bits per heavy atom. The number of ether oxygens (including phenoxy) is 1. The number of amides is 1. The first kappa shape index (κ1) is 14.8. The fourth-order valence-corrected chi connectivity index (χ4v) is 3.25. The Morgan fingerprint density at radius 1 is 1.50 bits per heavy atom. The molecule has 0 radical (unpaired) electrons. The van der Waals surface area contributed by atoms with Gasteiger partial charge in [-0.15, -0.1) is 11.3 Å². The Kier molecular flexibility index (Phi) is 4.24. The monoisotopic (exact) mass is 319 g/mol. The minimum Gasteiger partial charge on any atom is -0.461 e. The Morgan fingerprint density at radius 3 is 3.09 bits per heavy atom. The molecule has 0 fully saturated rings. The number of carbonyl (C=O) groups is 2. The number of aromatic amines is 1. The highest BCUT2D eigenvalue weighted by Gasteiger charge is 2.28. The lowest BCUT2D eigenvalue weighted by Crippen LogP contribution is -2.37. The van der Waals surface area contributed by atoms with Gasteiger partial charge in [-0.2, -0.15) is 5.10 Å². The van der Waals surface area contributed by atoms with E-state index in [1.807, 2.05) is 17.5 Å². The summed E-state index contributed by atoms with van der Waals surface area (Å²) in [5.74, 6) is -0.364. The van der Waals surface area contributed by atoms with Gasteiger partial charge in [0.15, 0.2) is 5.69 Å². The lowest BCUT2D eigenvalue weighted by atomic mass is 10.0. The number of hydrogen-bond donors (Lipinski definition) is 1. The maximum absolute atomic E-state index is 12.4. The summed E-state index contributed by atoms with van der Waals surface area (Å²) in [6.45, 7) is 3.11. The van der Waals surface area contributed by atoms with Crippen molar-refractivity contribution in [2.75, 3.05) is 13.2 Å². The number of nitrogens with one attached hydrogen (secondary N) is 1. The van der Waals surface area contributed by atoms with Gasteiger partial charge in [-0.3, -0.25) is 9.89 Å². The predicted octanol–water partition coefficient (Wildman–Crippen LogP) is 1.78. The fraction of sp³-hybridized carbons (Fsp3) is 0.400. The quantitative estimate of drug-likeness (QED) is 0.872. The zero-order chi connectivity index (χ0) is 15.5. The first-order valence-corrected chi connectivity index (χ1v) is 8.10. The van der Waals surface area contributed by atoms with Crippen LogP contribution < -0.4 is 0 Å². The van der Waals surface area contributed by atoms with Crippen LogP contribution >= 0.6 is 11.3 Å². The van der Waals surface area contributed by atoms with Crippen LogP contribution in [0, 0.1) is 0 Å². The number of carbonyl (C=O) groups excluding carboxylic acids is 2. The highest BCUT2D eigenvalue weighted by atomic mass is 32.1. The molecule has 1 amide bonds. The van der Waals surface area contributed by atoms with Gasteiger partial charge in [0.1, 0.15) is 0 Å². The highest BCUT2D eigenvalue weighted by Crippen LogP contribution is 2.22. The van der Waals surface area contributed by atoms with Crippen molar-refractivity contribution in [3.8, 4) is 0 Å². The smallest absolute Gasteiger partial charge is 0.359 e. The number of aromatic nitrogens is 2. The van der Waals surface area contributed by atoms with Crippen LogP contribution in [0.15, 0.2) is 17.5 Å². The molecular formula is C15H17N3O3S. The SMILES string of the molecule is CCOC(=O)c1n[nH]c2c1CN(C(=O)Cc1cccs1)CC2. The summed E-state index contributed by atoms with van der Waals surface area (Å²) in [6.07, 6.45) is 1.08. The molecule has 2 aromatic heterocycles. The van der Waals surface area contributed by atoms with Crippen LogP contribution in [0.5, 0.6) is 0 Å². The summed E-state index contributed by atoms with van der Waals surface area (Å²) in [6, 6.07) is 3.90. The number of nitrogens with zero attached hydrogens (tertiary/aromatic N) is 2. The van der Waals surface area contributed by atoms with E-state index in [9.17, 15) is 9.59 Å². The molecule has 3 heterocycles. The molecule has 1 N–H and O–H groups in total. The molecule has 0 unspecified atom stereocenters. The minimum atomic E-state index is -0.437. The van der Waals surface area contributed by atoms with Crippen molar-refractivity contribution in [1.29, 1.82) is 0 Å². The summed E-state index contributed by atoms with van der Waals surface area (Å²) < 4.78 is 5.01. The number of fused-ring (bicyclic) bond motifs is 1.